The number of nitrogen functional groups attached to an aromatic ring is 1. The van der Waals surface area contributed by atoms with Crippen molar-refractivity contribution in [2.75, 3.05) is 12.8 Å². The molecule has 4 heteroatoms. The number of benzene rings is 1. The summed E-state index contributed by atoms with van der Waals surface area (Å²) in [5.41, 5.74) is 10.3. The second-order valence-corrected chi connectivity index (χ2v) is 3.06. The molecule has 0 bridgehead atoms. The number of ether oxygens (including phenoxy) is 1. The van der Waals surface area contributed by atoms with E-state index in [1.807, 2.05) is 30.3 Å². The molecule has 1 unspecified atom stereocenters. The van der Waals surface area contributed by atoms with Crippen molar-refractivity contribution in [1.29, 1.82) is 0 Å². The zero-order valence-corrected chi connectivity index (χ0v) is 7.86. The summed E-state index contributed by atoms with van der Waals surface area (Å²) < 4.78 is 4.94. The van der Waals surface area contributed by atoms with E-state index in [0.29, 0.717) is 5.95 Å². The summed E-state index contributed by atoms with van der Waals surface area (Å²) in [7, 11) is 1.56. The molecule has 14 heavy (non-hydrogen) atoms. The molecule has 0 amide bonds. The predicted molar refractivity (Wildman–Crippen MR) is 52.9 cm³/mol. The Balaban J connectivity index is 2.21. The van der Waals surface area contributed by atoms with E-state index in [0.717, 1.165) is 11.3 Å². The second-order valence-electron chi connectivity index (χ2n) is 3.06. The van der Waals surface area contributed by atoms with Gasteiger partial charge in [0.25, 0.3) is 5.95 Å². The van der Waals surface area contributed by atoms with Crippen molar-refractivity contribution in [2.45, 2.75) is 6.04 Å². The van der Waals surface area contributed by atoms with E-state index in [2.05, 4.69) is 5.48 Å². The number of rotatable bonds is 2. The fraction of sp³-hybridized carbons (Fsp3) is 0.200. The van der Waals surface area contributed by atoms with Gasteiger partial charge in [-0.25, -0.2) is 0 Å². The Hall–Kier alpha value is -1.68. The Bertz CT molecular complexity index is 363. The average Bonchev–Trinajstić information content (AvgIpc) is 2.66. The van der Waals surface area contributed by atoms with E-state index in [1.54, 1.807) is 7.11 Å². The number of nitrogens with two attached hydrogens (primary N) is 1. The largest absolute Gasteiger partial charge is 0.468 e. The summed E-state index contributed by atoms with van der Waals surface area (Å²) in [6, 6.07) is 7.64. The van der Waals surface area contributed by atoms with Crippen LogP contribution in [0.2, 0.25) is 0 Å². The first-order valence-electron chi connectivity index (χ1n) is 4.33. The first-order valence-corrected chi connectivity index (χ1v) is 4.33. The van der Waals surface area contributed by atoms with E-state index in [9.17, 15) is 0 Å². The molecule has 0 aromatic heterocycles. The molecule has 1 aromatic rings. The number of methoxy groups -OCH3 is 1. The van der Waals surface area contributed by atoms with Gasteiger partial charge >= 0.3 is 0 Å². The molecular formula is C10H12N2O2. The van der Waals surface area contributed by atoms with Gasteiger partial charge in [-0.15, -0.1) is 5.48 Å². The molecule has 0 fully saturated rings. The Kier molecular flexibility index (Phi) is 2.28. The van der Waals surface area contributed by atoms with E-state index in [4.69, 9.17) is 15.3 Å². The molecular weight excluding hydrogens is 180 g/mol. The van der Waals surface area contributed by atoms with Gasteiger partial charge in [0.05, 0.1) is 13.2 Å². The Labute approximate surface area is 82.3 Å². The quantitative estimate of drug-likeness (QED) is 0.694. The number of anilines is 1. The van der Waals surface area contributed by atoms with Crippen molar-refractivity contribution in [1.82, 2.24) is 5.48 Å². The highest BCUT2D eigenvalue weighted by Crippen LogP contribution is 2.23. The van der Waals surface area contributed by atoms with Gasteiger partial charge < -0.3 is 15.3 Å². The van der Waals surface area contributed by atoms with Crippen LogP contribution >= 0.6 is 0 Å². The summed E-state index contributed by atoms with van der Waals surface area (Å²) in [4.78, 5) is 5.06. The van der Waals surface area contributed by atoms with Crippen molar-refractivity contribution >= 4 is 5.69 Å². The molecule has 74 valence electrons. The normalized spacial score (nSPS) is 20.1. The number of hydrogen-bond acceptors (Lipinski definition) is 4. The van der Waals surface area contributed by atoms with Crippen LogP contribution in [0.15, 0.2) is 36.3 Å². The van der Waals surface area contributed by atoms with Gasteiger partial charge in [-0.1, -0.05) is 12.1 Å². The molecule has 0 spiro atoms. The third-order valence-corrected chi connectivity index (χ3v) is 2.06. The minimum atomic E-state index is 0.00782. The molecule has 2 rings (SSSR count). The lowest BCUT2D eigenvalue weighted by atomic mass is 10.1. The third kappa shape index (κ3) is 1.65. The molecule has 0 saturated heterocycles. The molecule has 3 N–H and O–H groups in total. The Morgan fingerprint density at radius 3 is 3.00 bits per heavy atom. The Morgan fingerprint density at radius 2 is 2.36 bits per heavy atom. The van der Waals surface area contributed by atoms with Gasteiger partial charge in [-0.2, -0.15) is 0 Å². The predicted octanol–water partition coefficient (Wildman–Crippen LogP) is 1.33. The maximum atomic E-state index is 5.67. The van der Waals surface area contributed by atoms with Crippen molar-refractivity contribution in [3.63, 3.8) is 0 Å². The zero-order valence-electron chi connectivity index (χ0n) is 7.86. The van der Waals surface area contributed by atoms with Gasteiger partial charge in [-0.3, -0.25) is 0 Å². The smallest absolute Gasteiger partial charge is 0.297 e. The first-order chi connectivity index (χ1) is 6.79. The zero-order chi connectivity index (χ0) is 9.97. The maximum Gasteiger partial charge on any atom is 0.297 e. The second kappa shape index (κ2) is 3.59. The maximum absolute atomic E-state index is 5.67. The van der Waals surface area contributed by atoms with Crippen LogP contribution in [0.1, 0.15) is 11.6 Å². The fourth-order valence-corrected chi connectivity index (χ4v) is 1.35. The van der Waals surface area contributed by atoms with Crippen LogP contribution in [0.25, 0.3) is 0 Å². The fourth-order valence-electron chi connectivity index (χ4n) is 1.35. The van der Waals surface area contributed by atoms with Gasteiger partial charge in [-0.05, 0) is 17.7 Å². The van der Waals surface area contributed by atoms with Crippen LogP contribution in [-0.4, -0.2) is 7.11 Å². The van der Waals surface area contributed by atoms with Crippen LogP contribution in [0.4, 0.5) is 5.69 Å². The van der Waals surface area contributed by atoms with Gasteiger partial charge in [0.1, 0.15) is 0 Å². The van der Waals surface area contributed by atoms with Crippen molar-refractivity contribution < 1.29 is 9.57 Å². The third-order valence-electron chi connectivity index (χ3n) is 2.06. The lowest BCUT2D eigenvalue weighted by molar-refractivity contribution is 0.0169. The van der Waals surface area contributed by atoms with Crippen LogP contribution in [-0.2, 0) is 9.57 Å². The lowest BCUT2D eigenvalue weighted by Gasteiger charge is -2.07. The summed E-state index contributed by atoms with van der Waals surface area (Å²) in [5, 5.41) is 0. The SMILES string of the molecule is COC1=CC(c2cccc(N)c2)NO1. The van der Waals surface area contributed by atoms with Crippen molar-refractivity contribution in [3.8, 4) is 0 Å². The van der Waals surface area contributed by atoms with Gasteiger partial charge in [0.15, 0.2) is 0 Å². The molecule has 4 nitrogen and oxygen atoms in total. The molecule has 0 radical (unpaired) electrons. The highest BCUT2D eigenvalue weighted by Gasteiger charge is 2.18. The van der Waals surface area contributed by atoms with E-state index in [-0.39, 0.29) is 6.04 Å². The highest BCUT2D eigenvalue weighted by atomic mass is 16.8. The van der Waals surface area contributed by atoms with Crippen LogP contribution in [0.5, 0.6) is 0 Å². The van der Waals surface area contributed by atoms with Gasteiger partial charge in [0.2, 0.25) is 0 Å². The standard InChI is InChI=1S/C10H12N2O2/c1-13-10-6-9(12-14-10)7-3-2-4-8(11)5-7/h2-6,9,12H,11H2,1H3. The minimum absolute atomic E-state index is 0.00782. The van der Waals surface area contributed by atoms with E-state index < -0.39 is 0 Å². The monoisotopic (exact) mass is 192 g/mol. The van der Waals surface area contributed by atoms with Crippen LogP contribution < -0.4 is 11.2 Å². The molecule has 1 atom stereocenters. The molecule has 1 aliphatic rings. The Morgan fingerprint density at radius 1 is 1.50 bits per heavy atom. The summed E-state index contributed by atoms with van der Waals surface area (Å²) in [6.07, 6.45) is 1.86. The lowest BCUT2D eigenvalue weighted by Crippen LogP contribution is -2.12. The summed E-state index contributed by atoms with van der Waals surface area (Å²) >= 11 is 0. The topological polar surface area (TPSA) is 56.5 Å². The van der Waals surface area contributed by atoms with E-state index in [1.165, 1.54) is 0 Å². The summed E-state index contributed by atoms with van der Waals surface area (Å²) in [6.45, 7) is 0. The van der Waals surface area contributed by atoms with Crippen molar-refractivity contribution in [3.05, 3.63) is 41.9 Å². The molecule has 0 aliphatic carbocycles. The number of hydroxylamine groups is 1. The molecule has 1 aliphatic heterocycles. The number of hydrogen-bond donors (Lipinski definition) is 2. The van der Waals surface area contributed by atoms with Crippen molar-refractivity contribution in [2.24, 2.45) is 0 Å². The first kappa shape index (κ1) is 8.90. The van der Waals surface area contributed by atoms with Crippen LogP contribution in [0.3, 0.4) is 0 Å². The molecule has 1 aromatic carbocycles. The van der Waals surface area contributed by atoms with E-state index >= 15 is 0 Å². The van der Waals surface area contributed by atoms with Crippen LogP contribution in [0, 0.1) is 0 Å². The molecule has 0 saturated carbocycles. The average molecular weight is 192 g/mol. The van der Waals surface area contributed by atoms with Gasteiger partial charge in [0, 0.05) is 11.8 Å². The molecule has 1 heterocycles. The highest BCUT2D eigenvalue weighted by molar-refractivity contribution is 5.42. The number of nitrogens with one attached hydrogen (secondary N) is 1. The summed E-state index contributed by atoms with van der Waals surface area (Å²) in [5.74, 6) is 0.484. The minimum Gasteiger partial charge on any atom is -0.468 e.